The van der Waals surface area contributed by atoms with Crippen molar-refractivity contribution in [1.82, 2.24) is 9.97 Å². The summed E-state index contributed by atoms with van der Waals surface area (Å²) in [5, 5.41) is 3.36. The average molecular weight is 205 g/mol. The van der Waals surface area contributed by atoms with Crippen molar-refractivity contribution >= 4 is 5.82 Å². The quantitative estimate of drug-likeness (QED) is 0.824. The Morgan fingerprint density at radius 2 is 2.07 bits per heavy atom. The van der Waals surface area contributed by atoms with Crippen LogP contribution in [0.4, 0.5) is 5.82 Å². The van der Waals surface area contributed by atoms with Gasteiger partial charge in [0.2, 0.25) is 0 Å². The van der Waals surface area contributed by atoms with Crippen molar-refractivity contribution in [2.45, 2.75) is 32.6 Å². The minimum Gasteiger partial charge on any atom is -0.369 e. The van der Waals surface area contributed by atoms with Crippen LogP contribution in [0.1, 0.15) is 32.6 Å². The van der Waals surface area contributed by atoms with Crippen LogP contribution in [-0.4, -0.2) is 16.5 Å². The molecule has 3 nitrogen and oxygen atoms in total. The molecule has 1 heterocycles. The molecule has 1 aliphatic rings. The summed E-state index contributed by atoms with van der Waals surface area (Å²) in [4.78, 5) is 8.24. The summed E-state index contributed by atoms with van der Waals surface area (Å²) >= 11 is 0. The molecular formula is C12H19N3. The normalized spacial score (nSPS) is 26.2. The molecule has 0 atom stereocenters. The molecule has 0 bridgehead atoms. The van der Waals surface area contributed by atoms with Gasteiger partial charge in [0.1, 0.15) is 5.82 Å². The Morgan fingerprint density at radius 1 is 1.27 bits per heavy atom. The molecule has 1 N–H and O–H groups in total. The highest BCUT2D eigenvalue weighted by atomic mass is 15.0. The maximum Gasteiger partial charge on any atom is 0.144 e. The summed E-state index contributed by atoms with van der Waals surface area (Å²) in [5.74, 6) is 2.65. The van der Waals surface area contributed by atoms with Gasteiger partial charge in [0, 0.05) is 18.9 Å². The average Bonchev–Trinajstić information content (AvgIpc) is 2.30. The molecule has 0 unspecified atom stereocenters. The van der Waals surface area contributed by atoms with Crippen LogP contribution in [0, 0.1) is 11.8 Å². The van der Waals surface area contributed by atoms with Crippen LogP contribution >= 0.6 is 0 Å². The van der Waals surface area contributed by atoms with Gasteiger partial charge in [0.25, 0.3) is 0 Å². The van der Waals surface area contributed by atoms with E-state index in [4.69, 9.17) is 0 Å². The minimum absolute atomic E-state index is 0.822. The lowest BCUT2D eigenvalue weighted by Crippen LogP contribution is -2.20. The van der Waals surface area contributed by atoms with Gasteiger partial charge in [0.15, 0.2) is 0 Å². The van der Waals surface area contributed by atoms with Crippen LogP contribution < -0.4 is 5.32 Å². The van der Waals surface area contributed by atoms with Gasteiger partial charge in [-0.15, -0.1) is 0 Å². The molecule has 2 rings (SSSR count). The number of nitrogens with zero attached hydrogens (tertiary/aromatic N) is 2. The second-order valence-electron chi connectivity index (χ2n) is 4.60. The lowest BCUT2D eigenvalue weighted by molar-refractivity contribution is 0.300. The molecule has 82 valence electrons. The molecule has 0 aromatic carbocycles. The second-order valence-corrected chi connectivity index (χ2v) is 4.60. The van der Waals surface area contributed by atoms with Crippen molar-refractivity contribution in [3.05, 3.63) is 18.6 Å². The molecule has 1 aliphatic carbocycles. The summed E-state index contributed by atoms with van der Waals surface area (Å²) in [7, 11) is 0. The van der Waals surface area contributed by atoms with E-state index in [2.05, 4.69) is 22.2 Å². The van der Waals surface area contributed by atoms with Crippen molar-refractivity contribution in [3.8, 4) is 0 Å². The van der Waals surface area contributed by atoms with Gasteiger partial charge in [-0.25, -0.2) is 4.98 Å². The third-order valence-electron chi connectivity index (χ3n) is 3.27. The van der Waals surface area contributed by atoms with Gasteiger partial charge in [-0.1, -0.05) is 19.8 Å². The van der Waals surface area contributed by atoms with Gasteiger partial charge < -0.3 is 5.32 Å². The van der Waals surface area contributed by atoms with Crippen molar-refractivity contribution in [2.75, 3.05) is 11.9 Å². The summed E-state index contributed by atoms with van der Waals surface area (Å²) in [6.45, 7) is 3.40. The van der Waals surface area contributed by atoms with Gasteiger partial charge in [-0.2, -0.15) is 0 Å². The van der Waals surface area contributed by atoms with Gasteiger partial charge in [0.05, 0.1) is 6.20 Å². The first kappa shape index (κ1) is 10.4. The Labute approximate surface area is 91.3 Å². The minimum atomic E-state index is 0.822. The zero-order valence-corrected chi connectivity index (χ0v) is 9.32. The molecule has 0 radical (unpaired) electrons. The third-order valence-corrected chi connectivity index (χ3v) is 3.27. The van der Waals surface area contributed by atoms with Crippen LogP contribution in [0.2, 0.25) is 0 Å². The van der Waals surface area contributed by atoms with Crippen molar-refractivity contribution in [1.29, 1.82) is 0 Å². The van der Waals surface area contributed by atoms with Crippen LogP contribution in [0.5, 0.6) is 0 Å². The summed E-state index contributed by atoms with van der Waals surface area (Å²) in [5.41, 5.74) is 0. The summed E-state index contributed by atoms with van der Waals surface area (Å²) < 4.78 is 0. The molecule has 0 saturated heterocycles. The fourth-order valence-electron chi connectivity index (χ4n) is 2.17. The topological polar surface area (TPSA) is 37.8 Å². The van der Waals surface area contributed by atoms with Gasteiger partial charge in [-0.05, 0) is 24.7 Å². The van der Waals surface area contributed by atoms with Crippen LogP contribution in [0.25, 0.3) is 0 Å². The SMILES string of the molecule is CC1CCC(CNc2cnccn2)CC1. The van der Waals surface area contributed by atoms with Crippen molar-refractivity contribution in [3.63, 3.8) is 0 Å². The van der Waals surface area contributed by atoms with E-state index in [1.54, 1.807) is 18.6 Å². The van der Waals surface area contributed by atoms with Crippen LogP contribution in [0.3, 0.4) is 0 Å². The molecule has 15 heavy (non-hydrogen) atoms. The third kappa shape index (κ3) is 3.18. The fraction of sp³-hybridized carbons (Fsp3) is 0.667. The predicted molar refractivity (Wildman–Crippen MR) is 61.6 cm³/mol. The van der Waals surface area contributed by atoms with E-state index in [0.717, 1.165) is 24.2 Å². The van der Waals surface area contributed by atoms with E-state index in [1.165, 1.54) is 25.7 Å². The molecule has 1 aromatic heterocycles. The van der Waals surface area contributed by atoms with E-state index in [9.17, 15) is 0 Å². The maximum absolute atomic E-state index is 4.20. The fourth-order valence-corrected chi connectivity index (χ4v) is 2.17. The highest BCUT2D eigenvalue weighted by Crippen LogP contribution is 2.28. The Bertz CT molecular complexity index is 278. The molecule has 1 fully saturated rings. The summed E-state index contributed by atoms with van der Waals surface area (Å²) in [6, 6.07) is 0. The Kier molecular flexibility index (Phi) is 3.54. The largest absolute Gasteiger partial charge is 0.369 e. The molecule has 3 heteroatoms. The Morgan fingerprint density at radius 3 is 2.73 bits per heavy atom. The number of anilines is 1. The molecule has 0 amide bonds. The predicted octanol–water partition coefficient (Wildman–Crippen LogP) is 2.71. The van der Waals surface area contributed by atoms with E-state index in [0.29, 0.717) is 0 Å². The lowest BCUT2D eigenvalue weighted by Gasteiger charge is -2.26. The molecular weight excluding hydrogens is 186 g/mol. The maximum atomic E-state index is 4.20. The van der Waals surface area contributed by atoms with Crippen molar-refractivity contribution < 1.29 is 0 Å². The highest BCUT2D eigenvalue weighted by Gasteiger charge is 2.17. The van der Waals surface area contributed by atoms with Crippen molar-refractivity contribution in [2.24, 2.45) is 11.8 Å². The van der Waals surface area contributed by atoms with Gasteiger partial charge >= 0.3 is 0 Å². The number of nitrogens with one attached hydrogen (secondary N) is 1. The van der Waals surface area contributed by atoms with E-state index < -0.39 is 0 Å². The van der Waals surface area contributed by atoms with E-state index in [-0.39, 0.29) is 0 Å². The molecule has 1 aromatic rings. The first-order chi connectivity index (χ1) is 7.34. The standard InChI is InChI=1S/C12H19N3/c1-10-2-4-11(5-3-10)8-15-12-9-13-6-7-14-12/h6-7,9-11H,2-5,8H2,1H3,(H,14,15). The highest BCUT2D eigenvalue weighted by molar-refractivity contribution is 5.29. The first-order valence-corrected chi connectivity index (χ1v) is 5.84. The second kappa shape index (κ2) is 5.10. The zero-order chi connectivity index (χ0) is 10.5. The number of hydrogen-bond donors (Lipinski definition) is 1. The van der Waals surface area contributed by atoms with Crippen LogP contribution in [0.15, 0.2) is 18.6 Å². The number of hydrogen-bond acceptors (Lipinski definition) is 3. The van der Waals surface area contributed by atoms with Crippen LogP contribution in [-0.2, 0) is 0 Å². The van der Waals surface area contributed by atoms with E-state index in [1.807, 2.05) is 0 Å². The monoisotopic (exact) mass is 205 g/mol. The van der Waals surface area contributed by atoms with E-state index >= 15 is 0 Å². The number of aromatic nitrogens is 2. The smallest absolute Gasteiger partial charge is 0.144 e. The Hall–Kier alpha value is -1.12. The molecule has 0 spiro atoms. The molecule has 1 saturated carbocycles. The van der Waals surface area contributed by atoms with Gasteiger partial charge in [-0.3, -0.25) is 4.98 Å². The molecule has 0 aliphatic heterocycles. The Balaban J connectivity index is 1.74. The zero-order valence-electron chi connectivity index (χ0n) is 9.32. The lowest BCUT2D eigenvalue weighted by atomic mass is 9.83. The summed E-state index contributed by atoms with van der Waals surface area (Å²) in [6.07, 6.45) is 10.7. The number of rotatable bonds is 3. The first-order valence-electron chi connectivity index (χ1n) is 5.84.